The molecule has 19 heavy (non-hydrogen) atoms. The Hall–Kier alpha value is 0.0700. The van der Waals surface area contributed by atoms with Crippen LogP contribution in [-0.4, -0.2) is 36.8 Å². The average Bonchev–Trinajstić information content (AvgIpc) is 2.43. The zero-order chi connectivity index (χ0) is 13.7. The summed E-state index contributed by atoms with van der Waals surface area (Å²) in [5.74, 6) is 1.71. The molecule has 0 spiro atoms. The average molecular weight is 319 g/mol. The minimum Gasteiger partial charge on any atom is -0.330 e. The fraction of sp³-hybridized carbons (Fsp3) is 0.571. The van der Waals surface area contributed by atoms with E-state index in [0.29, 0.717) is 5.92 Å². The van der Waals surface area contributed by atoms with Gasteiger partial charge in [-0.15, -0.1) is 11.8 Å². The molecule has 1 fully saturated rings. The summed E-state index contributed by atoms with van der Waals surface area (Å²) in [4.78, 5) is 3.58. The maximum absolute atomic E-state index is 6.15. The van der Waals surface area contributed by atoms with Crippen molar-refractivity contribution in [2.24, 2.45) is 11.7 Å². The molecular weight excluding hydrogens is 299 g/mol. The van der Waals surface area contributed by atoms with Crippen molar-refractivity contribution in [1.82, 2.24) is 4.90 Å². The van der Waals surface area contributed by atoms with Crippen LogP contribution in [-0.2, 0) is 0 Å². The number of rotatable bonds is 5. The van der Waals surface area contributed by atoms with Gasteiger partial charge < -0.3 is 10.6 Å². The van der Waals surface area contributed by atoms with Crippen LogP contribution in [0.5, 0.6) is 0 Å². The molecule has 1 aromatic carbocycles. The molecule has 106 valence electrons. The molecule has 0 bridgehead atoms. The SMILES string of the molecule is NCC1CCCN(CCSc2cc(Cl)ccc2Cl)C1. The summed E-state index contributed by atoms with van der Waals surface area (Å²) in [6.07, 6.45) is 2.55. The lowest BCUT2D eigenvalue weighted by Crippen LogP contribution is -2.39. The second kappa shape index (κ2) is 7.75. The Bertz CT molecular complexity index is 414. The molecule has 0 amide bonds. The second-order valence-electron chi connectivity index (χ2n) is 4.97. The van der Waals surface area contributed by atoms with Crippen molar-refractivity contribution >= 4 is 35.0 Å². The van der Waals surface area contributed by atoms with Crippen LogP contribution in [0.1, 0.15) is 12.8 Å². The van der Waals surface area contributed by atoms with Gasteiger partial charge in [-0.25, -0.2) is 0 Å². The molecule has 0 saturated carbocycles. The van der Waals surface area contributed by atoms with Gasteiger partial charge in [0.25, 0.3) is 0 Å². The molecule has 1 heterocycles. The van der Waals surface area contributed by atoms with Crippen molar-refractivity contribution in [3.63, 3.8) is 0 Å². The van der Waals surface area contributed by atoms with E-state index in [4.69, 9.17) is 28.9 Å². The van der Waals surface area contributed by atoms with Gasteiger partial charge in [0.2, 0.25) is 0 Å². The van der Waals surface area contributed by atoms with Gasteiger partial charge in [0, 0.05) is 28.8 Å². The smallest absolute Gasteiger partial charge is 0.0542 e. The van der Waals surface area contributed by atoms with Gasteiger partial charge in [-0.05, 0) is 50.0 Å². The number of piperidine rings is 1. The molecular formula is C14H20Cl2N2S. The molecule has 1 unspecified atom stereocenters. The molecule has 0 aromatic heterocycles. The van der Waals surface area contributed by atoms with Crippen molar-refractivity contribution in [2.45, 2.75) is 17.7 Å². The van der Waals surface area contributed by atoms with Crippen LogP contribution < -0.4 is 5.73 Å². The van der Waals surface area contributed by atoms with Gasteiger partial charge >= 0.3 is 0 Å². The van der Waals surface area contributed by atoms with E-state index < -0.39 is 0 Å². The van der Waals surface area contributed by atoms with E-state index in [9.17, 15) is 0 Å². The van der Waals surface area contributed by atoms with Gasteiger partial charge in [-0.2, -0.15) is 0 Å². The van der Waals surface area contributed by atoms with Crippen LogP contribution in [0.25, 0.3) is 0 Å². The second-order valence-corrected chi connectivity index (χ2v) is 6.95. The molecule has 2 nitrogen and oxygen atoms in total. The summed E-state index contributed by atoms with van der Waals surface area (Å²) in [5.41, 5.74) is 5.76. The summed E-state index contributed by atoms with van der Waals surface area (Å²) in [6, 6.07) is 5.62. The molecule has 5 heteroatoms. The summed E-state index contributed by atoms with van der Waals surface area (Å²) in [7, 11) is 0. The highest BCUT2D eigenvalue weighted by Gasteiger charge is 2.18. The number of nitrogens with two attached hydrogens (primary N) is 1. The highest BCUT2D eigenvalue weighted by molar-refractivity contribution is 7.99. The molecule has 2 rings (SSSR count). The third-order valence-electron chi connectivity index (χ3n) is 3.49. The summed E-state index contributed by atoms with van der Waals surface area (Å²) >= 11 is 13.9. The van der Waals surface area contributed by atoms with E-state index in [0.717, 1.165) is 40.3 Å². The Morgan fingerprint density at radius 3 is 3.00 bits per heavy atom. The molecule has 0 aliphatic carbocycles. The Balaban J connectivity index is 1.78. The van der Waals surface area contributed by atoms with Crippen LogP contribution >= 0.6 is 35.0 Å². The molecule has 1 atom stereocenters. The standard InChI is InChI=1S/C14H20Cl2N2S/c15-12-3-4-13(16)14(8-12)19-7-6-18-5-1-2-11(9-17)10-18/h3-4,8,11H,1-2,5-7,9-10,17H2. The number of likely N-dealkylation sites (tertiary alicyclic amines) is 1. The number of halogens is 2. The first-order chi connectivity index (χ1) is 9.19. The number of hydrogen-bond acceptors (Lipinski definition) is 3. The highest BCUT2D eigenvalue weighted by Crippen LogP contribution is 2.30. The highest BCUT2D eigenvalue weighted by atomic mass is 35.5. The minimum absolute atomic E-state index is 0.675. The van der Waals surface area contributed by atoms with Gasteiger partial charge in [-0.3, -0.25) is 0 Å². The third kappa shape index (κ3) is 4.83. The first-order valence-corrected chi connectivity index (χ1v) is 8.43. The summed E-state index contributed by atoms with van der Waals surface area (Å²) in [5, 5.41) is 1.53. The lowest BCUT2D eigenvalue weighted by molar-refractivity contribution is 0.188. The Labute approximate surface area is 129 Å². The largest absolute Gasteiger partial charge is 0.330 e. The molecule has 1 saturated heterocycles. The predicted octanol–water partition coefficient (Wildman–Crippen LogP) is 3.76. The lowest BCUT2D eigenvalue weighted by Gasteiger charge is -2.31. The van der Waals surface area contributed by atoms with E-state index in [1.807, 2.05) is 18.2 Å². The third-order valence-corrected chi connectivity index (χ3v) is 5.21. The lowest BCUT2D eigenvalue weighted by atomic mass is 9.98. The fourth-order valence-electron chi connectivity index (χ4n) is 2.42. The van der Waals surface area contributed by atoms with Crippen LogP contribution in [0.2, 0.25) is 10.0 Å². The monoisotopic (exact) mass is 318 g/mol. The summed E-state index contributed by atoms with van der Waals surface area (Å²) < 4.78 is 0. The molecule has 1 aliphatic rings. The van der Waals surface area contributed by atoms with Gasteiger partial charge in [0.15, 0.2) is 0 Å². The molecule has 2 N–H and O–H groups in total. The van der Waals surface area contributed by atoms with E-state index >= 15 is 0 Å². The number of benzene rings is 1. The van der Waals surface area contributed by atoms with Gasteiger partial charge in [0.05, 0.1) is 5.02 Å². The van der Waals surface area contributed by atoms with Crippen LogP contribution in [0.15, 0.2) is 23.1 Å². The number of hydrogen-bond donors (Lipinski definition) is 1. The van der Waals surface area contributed by atoms with Crippen molar-refractivity contribution in [3.05, 3.63) is 28.2 Å². The van der Waals surface area contributed by atoms with Gasteiger partial charge in [0.1, 0.15) is 0 Å². The van der Waals surface area contributed by atoms with E-state index in [-0.39, 0.29) is 0 Å². The number of thioether (sulfide) groups is 1. The Morgan fingerprint density at radius 1 is 1.37 bits per heavy atom. The quantitative estimate of drug-likeness (QED) is 0.838. The first-order valence-electron chi connectivity index (χ1n) is 6.69. The minimum atomic E-state index is 0.675. The zero-order valence-electron chi connectivity index (χ0n) is 10.9. The fourth-order valence-corrected chi connectivity index (χ4v) is 3.92. The van der Waals surface area contributed by atoms with Crippen molar-refractivity contribution in [2.75, 3.05) is 31.9 Å². The van der Waals surface area contributed by atoms with E-state index in [2.05, 4.69) is 4.90 Å². The number of nitrogens with zero attached hydrogens (tertiary/aromatic N) is 1. The molecule has 1 aliphatic heterocycles. The van der Waals surface area contributed by atoms with Crippen molar-refractivity contribution in [1.29, 1.82) is 0 Å². The molecule has 1 aromatic rings. The predicted molar refractivity (Wildman–Crippen MR) is 85.4 cm³/mol. The van der Waals surface area contributed by atoms with Crippen molar-refractivity contribution in [3.8, 4) is 0 Å². The molecule has 0 radical (unpaired) electrons. The Morgan fingerprint density at radius 2 is 2.21 bits per heavy atom. The first kappa shape index (κ1) is 15.5. The van der Waals surface area contributed by atoms with Crippen molar-refractivity contribution < 1.29 is 0 Å². The maximum Gasteiger partial charge on any atom is 0.0542 e. The normalized spacial score (nSPS) is 20.7. The van der Waals surface area contributed by atoms with E-state index in [1.54, 1.807) is 11.8 Å². The topological polar surface area (TPSA) is 29.3 Å². The van der Waals surface area contributed by atoms with E-state index in [1.165, 1.54) is 19.4 Å². The maximum atomic E-state index is 6.15. The zero-order valence-corrected chi connectivity index (χ0v) is 13.3. The van der Waals surface area contributed by atoms with Crippen LogP contribution in [0.4, 0.5) is 0 Å². The summed E-state index contributed by atoms with van der Waals surface area (Å²) in [6.45, 7) is 4.23. The van der Waals surface area contributed by atoms with Crippen LogP contribution in [0.3, 0.4) is 0 Å². The Kier molecular flexibility index (Phi) is 6.30. The van der Waals surface area contributed by atoms with Gasteiger partial charge in [-0.1, -0.05) is 23.2 Å². The van der Waals surface area contributed by atoms with Crippen LogP contribution in [0, 0.1) is 5.92 Å².